The van der Waals surface area contributed by atoms with Crippen LogP contribution in [0.4, 0.5) is 22.7 Å². The summed E-state index contributed by atoms with van der Waals surface area (Å²) in [6, 6.07) is 52.9. The van der Waals surface area contributed by atoms with Crippen LogP contribution in [-0.2, 0) is 83.8 Å². The Balaban J connectivity index is 0.000000127. The Labute approximate surface area is 862 Å². The van der Waals surface area contributed by atoms with Gasteiger partial charge >= 0.3 is 0 Å². The second-order valence-corrected chi connectivity index (χ2v) is 44.0. The summed E-state index contributed by atoms with van der Waals surface area (Å²) in [6.45, 7) is 4.94. The van der Waals surface area contributed by atoms with Crippen LogP contribution in [0.15, 0.2) is 219 Å². The molecule has 0 amide bonds. The highest BCUT2D eigenvalue weighted by Gasteiger charge is 2.38. The monoisotopic (exact) mass is 2120 g/mol. The normalized spacial score (nSPS) is 14.3. The van der Waals surface area contributed by atoms with Crippen molar-refractivity contribution in [1.82, 2.24) is 57.2 Å². The van der Waals surface area contributed by atoms with E-state index >= 15 is 0 Å². The van der Waals surface area contributed by atoms with Gasteiger partial charge in [0.2, 0.25) is 20.0 Å². The first-order valence-corrected chi connectivity index (χ1v) is 55.5. The molecule has 0 radical (unpaired) electrons. The Morgan fingerprint density at radius 2 is 0.826 bits per heavy atom. The number of methoxy groups -OCH3 is 10. The minimum absolute atomic E-state index is 0.113. The third-order valence-electron chi connectivity index (χ3n) is 26.3. The predicted molar refractivity (Wildman–Crippen MR) is 581 cm³/mol. The highest BCUT2D eigenvalue weighted by molar-refractivity contribution is 7.92. The number of hydrogen-bond donors (Lipinski definition) is 7. The molecule has 0 saturated heterocycles. The summed E-state index contributed by atoms with van der Waals surface area (Å²) in [7, 11) is 0.298. The summed E-state index contributed by atoms with van der Waals surface area (Å²) >= 11 is 0. The first kappa shape index (κ1) is 105. The van der Waals surface area contributed by atoms with Gasteiger partial charge in [0, 0.05) is 197 Å². The molecule has 2 aliphatic carbocycles. The molecule has 0 bridgehead atoms. The number of benzene rings is 9. The molecule has 3 aliphatic rings. The molecule has 2 fully saturated rings. The van der Waals surface area contributed by atoms with Crippen molar-refractivity contribution in [3.8, 4) is 74.6 Å². The smallest absolute Gasteiger partial charge is 0.296 e. The number of ether oxygens (including phenoxy) is 10. The third kappa shape index (κ3) is 23.9. The number of aryl methyl sites for hydroxylation is 2. The standard InChI is InChI=1S/C23H30N4O4S.C21H22N4O4S.C21H23N3O4S.2C20H20N4O4S/c1-30-21-11-19-20(12-22(21)31-2)25-13-16-9-10-26(23(16)19)17-5-3-15(4-6-17)14-27(18-7-8-18)32(24,28)29;1-13-12-25(15-6-4-14(5-7-15)10-24-30(22,26)27)21-16-8-19(28-2)20(29-3)9-18(16)23-11-17(13)21;1-27-19-10-17-18(11-20(19)28-2)22-12-15-8-9-24(21(15)17)13-14-4-6-16(7-5-14)23-29(3,25)26;1-24-19-14-9-17(27-2)18(28-3)10-15(14)21-11-16(19)22-20(24)12-5-7-13(8-6-12)23-29(4,25)26;1-27-18-9-16-17(10-19(18)28-2)22-11-14-7-8-24(20(14)16)12-13-3-5-15(6-4-13)23-29(21,25)26/h9-13,15,17-18H,3-8,14H2,1-2H3,(H2,24,28,29);4-9,11-12,24H,10H2,1-3H3,(H2,22,26,27);4-7,10-12,23H,8-9,13H2,1-3H3;5-11,23H,1-4H3;3-11,23H,12H2,1-2H3,(H2,21,25,26). The van der Waals surface area contributed by atoms with E-state index in [-0.39, 0.29) is 12.6 Å². The molecule has 39 nitrogen and oxygen atoms in total. The number of rotatable bonds is 30. The fourth-order valence-corrected chi connectivity index (χ4v) is 22.2. The molecular weight excluding hydrogens is 2010 g/mol. The molecule has 10 N–H and O–H groups in total. The first-order chi connectivity index (χ1) is 71.2. The molecule has 149 heavy (non-hydrogen) atoms. The highest BCUT2D eigenvalue weighted by Crippen LogP contribution is 2.46. The van der Waals surface area contributed by atoms with Crippen molar-refractivity contribution in [2.75, 3.05) is 116 Å². The van der Waals surface area contributed by atoms with Crippen molar-refractivity contribution in [3.63, 3.8) is 0 Å². The number of anilines is 4. The molecule has 0 atom stereocenters. The minimum Gasteiger partial charge on any atom is -0.493 e. The Morgan fingerprint density at radius 3 is 1.30 bits per heavy atom. The Hall–Kier alpha value is -15.1. The number of hydrogen-bond acceptors (Lipinski definition) is 27. The summed E-state index contributed by atoms with van der Waals surface area (Å²) < 4.78 is 188. The van der Waals surface area contributed by atoms with Gasteiger partial charge in [-0.2, -0.15) is 34.3 Å². The second kappa shape index (κ2) is 43.7. The maximum Gasteiger partial charge on any atom is 0.296 e. The van der Waals surface area contributed by atoms with Crippen molar-refractivity contribution >= 4 is 172 Å². The van der Waals surface area contributed by atoms with Crippen molar-refractivity contribution < 1.29 is 89.5 Å². The number of imidazole rings is 1. The number of fused-ring (bicyclic) bond motifs is 15. The Bertz CT molecular complexity index is 8720. The summed E-state index contributed by atoms with van der Waals surface area (Å²) in [5, 5.41) is 23.5. The summed E-state index contributed by atoms with van der Waals surface area (Å²) in [6.07, 6.45) is 24.5. The van der Waals surface area contributed by atoms with E-state index in [1.54, 1.807) is 114 Å². The van der Waals surface area contributed by atoms with Gasteiger partial charge in [-0.05, 0) is 189 Å². The van der Waals surface area contributed by atoms with Gasteiger partial charge in [0.25, 0.3) is 30.6 Å². The van der Waals surface area contributed by atoms with E-state index in [4.69, 9.17) is 67.8 Å². The van der Waals surface area contributed by atoms with Crippen LogP contribution in [0.25, 0.3) is 115 Å². The fraction of sp³-hybridized carbons (Fsp3) is 0.276. The highest BCUT2D eigenvalue weighted by atomic mass is 32.2. The molecule has 9 aromatic carbocycles. The van der Waals surface area contributed by atoms with Gasteiger partial charge in [-0.1, -0.05) is 36.4 Å². The number of aromatic nitrogens is 10. The molecule has 0 unspecified atom stereocenters. The molecule has 1 aliphatic heterocycles. The maximum atomic E-state index is 12.0. The van der Waals surface area contributed by atoms with Crippen LogP contribution >= 0.6 is 0 Å². The first-order valence-electron chi connectivity index (χ1n) is 47.1. The lowest BCUT2D eigenvalue weighted by Crippen LogP contribution is -2.42. The zero-order valence-corrected chi connectivity index (χ0v) is 88.4. The molecule has 9 aromatic heterocycles. The Kier molecular flexibility index (Phi) is 30.9. The van der Waals surface area contributed by atoms with E-state index < -0.39 is 50.7 Å². The van der Waals surface area contributed by atoms with Gasteiger partial charge in [0.1, 0.15) is 11.3 Å². The van der Waals surface area contributed by atoms with Crippen LogP contribution in [-0.4, -0.2) is 197 Å². The molecule has 0 spiro atoms. The lowest BCUT2D eigenvalue weighted by atomic mass is 9.85. The Morgan fingerprint density at radius 1 is 0.409 bits per heavy atom. The quantitative estimate of drug-likeness (QED) is 0.0220. The SMILES string of the molecule is COc1cc2ncc3c(C)cn(-c4ccc(CNS(N)(=O)=O)cc4)c3c2cc1OC.COc1cc2ncc3c(c2cc1OC)N(Cc1ccc(NS(C)(=O)=O)cc1)CC3.COc1cc2ncc3ccn(C4CCC(CN(C5CC5)S(N)(=O)=O)CC4)c3c2cc1OC.COc1cc2ncc3ccn(Cc4ccc(NS(N)(=O)=O)cc4)c3c2cc1OC.COc1cc2ncc3nc(-c4ccc(NS(C)(=O)=O)cc4)n(C)c3c2cc1OC. The largest absolute Gasteiger partial charge is 0.493 e. The zero-order chi connectivity index (χ0) is 106. The van der Waals surface area contributed by atoms with Crippen LogP contribution < -0.4 is 86.6 Å². The lowest BCUT2D eigenvalue weighted by Gasteiger charge is -2.33. The van der Waals surface area contributed by atoms with Gasteiger partial charge in [-0.15, -0.1) is 0 Å². The fourth-order valence-electron chi connectivity index (χ4n) is 19.2. The number of sulfonamides is 2. The summed E-state index contributed by atoms with van der Waals surface area (Å²) in [4.78, 5) is 29.9. The van der Waals surface area contributed by atoms with Crippen molar-refractivity contribution in [3.05, 3.63) is 247 Å². The molecule has 21 rings (SSSR count). The number of nitrogens with zero attached hydrogens (tertiary/aromatic N) is 12. The van der Waals surface area contributed by atoms with Crippen LogP contribution in [0.5, 0.6) is 57.5 Å². The van der Waals surface area contributed by atoms with E-state index in [1.807, 2.05) is 177 Å². The number of pyridine rings is 5. The summed E-state index contributed by atoms with van der Waals surface area (Å²) in [5.41, 5.74) is 18.6. The lowest BCUT2D eigenvalue weighted by molar-refractivity contribution is 0.234. The van der Waals surface area contributed by atoms with E-state index in [2.05, 4.69) is 80.9 Å². The predicted octanol–water partition coefficient (Wildman–Crippen LogP) is 15.6. The van der Waals surface area contributed by atoms with E-state index in [0.717, 1.165) is 214 Å². The number of nitrogens with one attached hydrogen (secondary N) is 4. The van der Waals surface area contributed by atoms with E-state index in [1.165, 1.54) is 9.87 Å². The molecule has 2 saturated carbocycles. The van der Waals surface area contributed by atoms with E-state index in [9.17, 15) is 42.1 Å². The van der Waals surface area contributed by atoms with Gasteiger partial charge in [-0.25, -0.2) is 37.2 Å². The van der Waals surface area contributed by atoms with Crippen LogP contribution in [0, 0.1) is 12.8 Å². The molecule has 10 heterocycles. The van der Waals surface area contributed by atoms with Crippen LogP contribution in [0.3, 0.4) is 0 Å². The molecule has 780 valence electrons. The van der Waals surface area contributed by atoms with Gasteiger partial charge < -0.3 is 70.5 Å². The van der Waals surface area contributed by atoms with Gasteiger partial charge in [0.15, 0.2) is 57.5 Å². The molecule has 18 aromatic rings. The minimum atomic E-state index is -3.79. The topological polar surface area (TPSA) is 493 Å². The number of nitrogens with two attached hydrogens (primary N) is 3. The van der Waals surface area contributed by atoms with Crippen molar-refractivity contribution in [2.24, 2.45) is 28.4 Å². The third-order valence-corrected chi connectivity index (χ3v) is 29.7. The van der Waals surface area contributed by atoms with Crippen LogP contribution in [0.2, 0.25) is 0 Å². The average molecular weight is 2120 g/mol. The van der Waals surface area contributed by atoms with Crippen LogP contribution in [0.1, 0.15) is 72.4 Å². The molecule has 44 heteroatoms. The van der Waals surface area contributed by atoms with Crippen molar-refractivity contribution in [2.45, 2.75) is 83.6 Å². The second-order valence-electron chi connectivity index (χ2n) is 36.3. The van der Waals surface area contributed by atoms with E-state index in [0.29, 0.717) is 99.6 Å². The van der Waals surface area contributed by atoms with Gasteiger partial charge in [0.05, 0.1) is 145 Å². The summed E-state index contributed by atoms with van der Waals surface area (Å²) in [5.74, 6) is 7.55. The molecular formula is C105H115N19O20S5. The average Bonchev–Trinajstić information content (AvgIpc) is 1.61. The van der Waals surface area contributed by atoms with Crippen molar-refractivity contribution in [1.29, 1.82) is 0 Å². The zero-order valence-electron chi connectivity index (χ0n) is 84.3. The van der Waals surface area contributed by atoms with Gasteiger partial charge in [-0.3, -0.25) is 39.1 Å². The maximum absolute atomic E-state index is 12.0.